The lowest BCUT2D eigenvalue weighted by Gasteiger charge is -2.42. The Labute approximate surface area is 104 Å². The van der Waals surface area contributed by atoms with Crippen molar-refractivity contribution in [2.45, 2.75) is 23.9 Å². The molecular formula is C12H13ClN2O2. The molecule has 2 heterocycles. The quantitative estimate of drug-likeness (QED) is 0.551. The molecule has 4 nitrogen and oxygen atoms in total. The van der Waals surface area contributed by atoms with Crippen LogP contribution >= 0.6 is 11.6 Å². The van der Waals surface area contributed by atoms with Gasteiger partial charge in [0.15, 0.2) is 0 Å². The van der Waals surface area contributed by atoms with E-state index in [1.165, 1.54) is 0 Å². The maximum atomic E-state index is 11.6. The molecular weight excluding hydrogens is 240 g/mol. The third-order valence-electron chi connectivity index (χ3n) is 3.35. The first kappa shape index (κ1) is 10.9. The highest BCUT2D eigenvalue weighted by molar-refractivity contribution is 6.20. The predicted molar refractivity (Wildman–Crippen MR) is 65.1 cm³/mol. The van der Waals surface area contributed by atoms with Gasteiger partial charge in [0.05, 0.1) is 11.2 Å². The summed E-state index contributed by atoms with van der Waals surface area (Å²) >= 11 is 6.13. The minimum absolute atomic E-state index is 0.164. The van der Waals surface area contributed by atoms with Crippen LogP contribution in [-0.2, 0) is 10.3 Å². The van der Waals surface area contributed by atoms with Crippen molar-refractivity contribution in [2.24, 2.45) is 0 Å². The van der Waals surface area contributed by atoms with E-state index in [4.69, 9.17) is 16.3 Å². The van der Waals surface area contributed by atoms with E-state index in [1.807, 2.05) is 24.3 Å². The highest BCUT2D eigenvalue weighted by Gasteiger charge is 2.45. The number of carbonyl (C=O) groups is 1. The van der Waals surface area contributed by atoms with Crippen molar-refractivity contribution in [3.63, 3.8) is 0 Å². The predicted octanol–water partition coefficient (Wildman–Crippen LogP) is 2.39. The van der Waals surface area contributed by atoms with Gasteiger partial charge in [-0.25, -0.2) is 4.79 Å². The lowest BCUT2D eigenvalue weighted by molar-refractivity contribution is -0.0165. The number of rotatable bonds is 0. The number of halogens is 1. The van der Waals surface area contributed by atoms with Gasteiger partial charge in [-0.3, -0.25) is 5.32 Å². The monoisotopic (exact) mass is 252 g/mol. The Kier molecular flexibility index (Phi) is 2.49. The number of hydrogen-bond acceptors (Lipinski definition) is 3. The summed E-state index contributed by atoms with van der Waals surface area (Å²) in [5.41, 5.74) is 1.11. The molecule has 90 valence electrons. The number of fused-ring (bicyclic) bond motifs is 2. The zero-order valence-electron chi connectivity index (χ0n) is 9.20. The van der Waals surface area contributed by atoms with Crippen molar-refractivity contribution in [1.29, 1.82) is 0 Å². The van der Waals surface area contributed by atoms with Crippen molar-refractivity contribution < 1.29 is 9.53 Å². The average molecular weight is 253 g/mol. The Bertz CT molecular complexity index is 466. The van der Waals surface area contributed by atoms with Gasteiger partial charge in [-0.05, 0) is 6.07 Å². The molecule has 2 aliphatic heterocycles. The molecule has 2 unspecified atom stereocenters. The fourth-order valence-corrected chi connectivity index (χ4v) is 2.95. The number of amides is 1. The van der Waals surface area contributed by atoms with Crippen LogP contribution < -0.4 is 10.6 Å². The van der Waals surface area contributed by atoms with E-state index in [0.29, 0.717) is 6.42 Å². The maximum absolute atomic E-state index is 11.6. The summed E-state index contributed by atoms with van der Waals surface area (Å²) in [6.45, 7) is 0.746. The van der Waals surface area contributed by atoms with E-state index in [1.54, 1.807) is 0 Å². The number of anilines is 1. The van der Waals surface area contributed by atoms with E-state index >= 15 is 0 Å². The van der Waals surface area contributed by atoms with Gasteiger partial charge in [-0.15, -0.1) is 11.6 Å². The van der Waals surface area contributed by atoms with Crippen LogP contribution in [0.3, 0.4) is 0 Å². The second-order valence-electron chi connectivity index (χ2n) is 4.43. The smallest absolute Gasteiger partial charge is 0.412 e. The molecule has 0 aromatic heterocycles. The molecule has 5 heteroatoms. The van der Waals surface area contributed by atoms with Crippen LogP contribution in [0.5, 0.6) is 0 Å². The number of piperidine rings is 1. The topological polar surface area (TPSA) is 50.4 Å². The van der Waals surface area contributed by atoms with Crippen LogP contribution in [0, 0.1) is 0 Å². The molecule has 17 heavy (non-hydrogen) atoms. The molecule has 3 rings (SSSR count). The van der Waals surface area contributed by atoms with Gasteiger partial charge in [0.25, 0.3) is 0 Å². The molecule has 2 N–H and O–H groups in total. The van der Waals surface area contributed by atoms with Gasteiger partial charge in [0.1, 0.15) is 5.60 Å². The summed E-state index contributed by atoms with van der Waals surface area (Å²) in [4.78, 5) is 11.6. The normalized spacial score (nSPS) is 31.6. The van der Waals surface area contributed by atoms with Crippen LogP contribution in [0.1, 0.15) is 18.4 Å². The number of alkyl halides is 1. The Morgan fingerprint density at radius 1 is 1.41 bits per heavy atom. The van der Waals surface area contributed by atoms with Gasteiger partial charge < -0.3 is 10.1 Å². The number of carbonyl (C=O) groups excluding carboxylic acids is 1. The highest BCUT2D eigenvalue weighted by atomic mass is 35.5. The van der Waals surface area contributed by atoms with Crippen molar-refractivity contribution in [3.8, 4) is 0 Å². The number of hydrogen-bond donors (Lipinski definition) is 2. The fraction of sp³-hybridized carbons (Fsp3) is 0.417. The second-order valence-corrected chi connectivity index (χ2v) is 4.96. The molecule has 1 aromatic carbocycles. The first-order chi connectivity index (χ1) is 8.20. The van der Waals surface area contributed by atoms with Crippen molar-refractivity contribution in [1.82, 2.24) is 5.32 Å². The van der Waals surface area contributed by atoms with Crippen LogP contribution in [0.4, 0.5) is 10.5 Å². The SMILES string of the molecule is O=C1Nc2ccccc2C2(CCNC(Cl)C2)O1. The van der Waals surface area contributed by atoms with Crippen molar-refractivity contribution in [2.75, 3.05) is 11.9 Å². The first-order valence-electron chi connectivity index (χ1n) is 5.67. The summed E-state index contributed by atoms with van der Waals surface area (Å²) in [6.07, 6.45) is 0.953. The van der Waals surface area contributed by atoms with Gasteiger partial charge in [-0.2, -0.15) is 0 Å². The Morgan fingerprint density at radius 2 is 2.24 bits per heavy atom. The standard InChI is InChI=1S/C12H13ClN2O2/c13-10-7-12(5-6-14-10)8-3-1-2-4-9(8)15-11(16)17-12/h1-4,10,14H,5-7H2,(H,15,16). The van der Waals surface area contributed by atoms with E-state index in [0.717, 1.165) is 24.2 Å². The third-order valence-corrected chi connectivity index (χ3v) is 3.65. The zero-order valence-corrected chi connectivity index (χ0v) is 9.96. The van der Waals surface area contributed by atoms with E-state index < -0.39 is 11.7 Å². The van der Waals surface area contributed by atoms with Gasteiger partial charge in [-0.1, -0.05) is 18.2 Å². The molecule has 0 radical (unpaired) electrons. The number of ether oxygens (including phenoxy) is 1. The summed E-state index contributed by atoms with van der Waals surface area (Å²) in [6, 6.07) is 7.73. The Morgan fingerprint density at radius 3 is 3.06 bits per heavy atom. The largest absolute Gasteiger partial charge is 0.438 e. The average Bonchev–Trinajstić information content (AvgIpc) is 2.28. The van der Waals surface area contributed by atoms with Gasteiger partial charge >= 0.3 is 6.09 Å². The molecule has 2 atom stereocenters. The lowest BCUT2D eigenvalue weighted by Crippen LogP contribution is -2.49. The van der Waals surface area contributed by atoms with Gasteiger partial charge in [0.2, 0.25) is 0 Å². The number of nitrogens with one attached hydrogen (secondary N) is 2. The minimum Gasteiger partial charge on any atom is -0.438 e. The molecule has 1 fully saturated rings. The molecule has 1 saturated heterocycles. The highest BCUT2D eigenvalue weighted by Crippen LogP contribution is 2.43. The third kappa shape index (κ3) is 1.77. The van der Waals surface area contributed by atoms with Crippen LogP contribution in [0.15, 0.2) is 24.3 Å². The summed E-state index contributed by atoms with van der Waals surface area (Å²) in [7, 11) is 0. The summed E-state index contributed by atoms with van der Waals surface area (Å²) in [5.74, 6) is 0. The van der Waals surface area contributed by atoms with Crippen molar-refractivity contribution in [3.05, 3.63) is 29.8 Å². The van der Waals surface area contributed by atoms with Crippen molar-refractivity contribution >= 4 is 23.4 Å². The van der Waals surface area contributed by atoms with E-state index in [9.17, 15) is 4.79 Å². The zero-order chi connectivity index (χ0) is 11.9. The number of para-hydroxylation sites is 1. The first-order valence-corrected chi connectivity index (χ1v) is 6.10. The molecule has 0 saturated carbocycles. The lowest BCUT2D eigenvalue weighted by atomic mass is 9.83. The number of benzene rings is 1. The summed E-state index contributed by atoms with van der Waals surface area (Å²) < 4.78 is 5.54. The molecule has 1 aromatic rings. The molecule has 0 aliphatic carbocycles. The van der Waals surface area contributed by atoms with E-state index in [2.05, 4.69) is 10.6 Å². The van der Waals surface area contributed by atoms with E-state index in [-0.39, 0.29) is 5.50 Å². The fourth-order valence-electron chi connectivity index (χ4n) is 2.59. The van der Waals surface area contributed by atoms with Crippen LogP contribution in [0.25, 0.3) is 0 Å². The maximum Gasteiger partial charge on any atom is 0.412 e. The van der Waals surface area contributed by atoms with Crippen LogP contribution in [-0.4, -0.2) is 18.1 Å². The minimum atomic E-state index is -0.573. The Balaban J connectivity index is 2.07. The molecule has 2 aliphatic rings. The summed E-state index contributed by atoms with van der Waals surface area (Å²) in [5, 5.41) is 5.87. The second kappa shape index (κ2) is 3.89. The molecule has 1 spiro atoms. The van der Waals surface area contributed by atoms with Gasteiger partial charge in [0, 0.05) is 24.9 Å². The van der Waals surface area contributed by atoms with Crippen LogP contribution in [0.2, 0.25) is 0 Å². The molecule has 1 amide bonds. The Hall–Kier alpha value is -1.26. The molecule has 0 bridgehead atoms.